The maximum Gasteiger partial charge on any atom is 0.257 e. The molecule has 1 aliphatic heterocycles. The number of halogens is 1. The lowest BCUT2D eigenvalue weighted by Crippen LogP contribution is -2.36. The molecule has 0 aromatic heterocycles. The smallest absolute Gasteiger partial charge is 0.257 e. The molecule has 0 saturated heterocycles. The number of amides is 1. The number of fused-ring (bicyclic) bond motifs is 1. The highest BCUT2D eigenvalue weighted by atomic mass is 79.9. The van der Waals surface area contributed by atoms with Gasteiger partial charge in [0.25, 0.3) is 5.91 Å². The molecule has 5 rings (SSSR count). The van der Waals surface area contributed by atoms with Gasteiger partial charge in [0.15, 0.2) is 0 Å². The topological polar surface area (TPSA) is 35.9 Å². The van der Waals surface area contributed by atoms with Crippen LogP contribution in [0.1, 0.15) is 29.2 Å². The lowest BCUT2D eigenvalue weighted by molar-refractivity contribution is -0.134. The highest BCUT2D eigenvalue weighted by Crippen LogP contribution is 2.33. The van der Waals surface area contributed by atoms with Gasteiger partial charge < -0.3 is 0 Å². The number of hydrogen-bond donors (Lipinski definition) is 0. The quantitative estimate of drug-likeness (QED) is 0.299. The van der Waals surface area contributed by atoms with Crippen LogP contribution in [0.25, 0.3) is 10.8 Å². The molecule has 1 unspecified atom stereocenters. The number of benzene rings is 4. The molecule has 1 aliphatic rings. The second kappa shape index (κ2) is 9.92. The summed E-state index contributed by atoms with van der Waals surface area (Å²) < 4.78 is 1.05. The van der Waals surface area contributed by atoms with Crippen molar-refractivity contribution in [2.75, 3.05) is 13.6 Å². The van der Waals surface area contributed by atoms with Crippen LogP contribution in [-0.4, -0.2) is 35.1 Å². The summed E-state index contributed by atoms with van der Waals surface area (Å²) in [5.41, 5.74) is 4.28. The van der Waals surface area contributed by atoms with E-state index in [1.54, 1.807) is 5.01 Å². The van der Waals surface area contributed by atoms with E-state index < -0.39 is 0 Å². The molecule has 170 valence electrons. The van der Waals surface area contributed by atoms with Gasteiger partial charge in [-0.25, -0.2) is 5.01 Å². The summed E-state index contributed by atoms with van der Waals surface area (Å²) in [5.74, 6) is 0.00394. The van der Waals surface area contributed by atoms with E-state index in [2.05, 4.69) is 70.5 Å². The first kappa shape index (κ1) is 22.5. The van der Waals surface area contributed by atoms with Gasteiger partial charge in [-0.3, -0.25) is 9.69 Å². The van der Waals surface area contributed by atoms with Crippen LogP contribution >= 0.6 is 15.9 Å². The van der Waals surface area contributed by atoms with Gasteiger partial charge >= 0.3 is 0 Å². The number of hydrazone groups is 1. The molecular formula is C29H26BrN3O. The maximum atomic E-state index is 13.4. The van der Waals surface area contributed by atoms with Gasteiger partial charge in [-0.1, -0.05) is 94.8 Å². The Labute approximate surface area is 208 Å². The number of likely N-dealkylation sites (N-methyl/N-ethyl adjacent to an activating group) is 1. The number of carbonyl (C=O) groups excluding carboxylic acids is 1. The zero-order valence-electron chi connectivity index (χ0n) is 19.1. The molecule has 0 saturated carbocycles. The standard InChI is InChI=1S/C29H26BrN3O/c1-32(19-21-11-15-26(30)16-12-21)20-29(34)33-28(23-8-3-2-4-9-23)18-27(31-33)25-14-13-22-7-5-6-10-24(22)17-25/h2-17,28H,18-20H2,1H3. The molecule has 0 spiro atoms. The molecule has 0 N–H and O–H groups in total. The Kier molecular flexibility index (Phi) is 6.57. The van der Waals surface area contributed by atoms with Crippen molar-refractivity contribution < 1.29 is 4.79 Å². The minimum absolute atomic E-state index is 0.00394. The van der Waals surface area contributed by atoms with Gasteiger partial charge in [-0.05, 0) is 52.7 Å². The molecule has 5 heteroatoms. The predicted octanol–water partition coefficient (Wildman–Crippen LogP) is 6.41. The van der Waals surface area contributed by atoms with Crippen molar-refractivity contribution in [3.05, 3.63) is 118 Å². The Bertz CT molecular complexity index is 1330. The van der Waals surface area contributed by atoms with Crippen molar-refractivity contribution in [1.82, 2.24) is 9.91 Å². The van der Waals surface area contributed by atoms with Crippen LogP contribution in [0.4, 0.5) is 0 Å². The van der Waals surface area contributed by atoms with Crippen LogP contribution in [0.2, 0.25) is 0 Å². The molecule has 34 heavy (non-hydrogen) atoms. The second-order valence-electron chi connectivity index (χ2n) is 8.78. The van der Waals surface area contributed by atoms with Crippen molar-refractivity contribution in [3.8, 4) is 0 Å². The average Bonchev–Trinajstić information content (AvgIpc) is 3.31. The van der Waals surface area contributed by atoms with Gasteiger partial charge in [0.05, 0.1) is 18.3 Å². The average molecular weight is 512 g/mol. The summed E-state index contributed by atoms with van der Waals surface area (Å²) in [6.45, 7) is 0.998. The first-order chi connectivity index (χ1) is 16.6. The van der Waals surface area contributed by atoms with Crippen LogP contribution in [0, 0.1) is 0 Å². The SMILES string of the molecule is CN(CC(=O)N1N=C(c2ccc3ccccc3c2)CC1c1ccccc1)Cc1ccc(Br)cc1. The van der Waals surface area contributed by atoms with Gasteiger partial charge in [0, 0.05) is 17.4 Å². The van der Waals surface area contributed by atoms with Crippen molar-refractivity contribution in [1.29, 1.82) is 0 Å². The number of hydrogen-bond acceptors (Lipinski definition) is 3. The van der Waals surface area contributed by atoms with E-state index in [1.165, 1.54) is 16.3 Å². The predicted molar refractivity (Wildman–Crippen MR) is 142 cm³/mol. The summed E-state index contributed by atoms with van der Waals surface area (Å²) in [7, 11) is 1.97. The fraction of sp³-hybridized carbons (Fsp3) is 0.172. The lowest BCUT2D eigenvalue weighted by atomic mass is 9.97. The van der Waals surface area contributed by atoms with E-state index in [-0.39, 0.29) is 11.9 Å². The van der Waals surface area contributed by atoms with Crippen molar-refractivity contribution in [3.63, 3.8) is 0 Å². The summed E-state index contributed by atoms with van der Waals surface area (Å²) in [5, 5.41) is 8.93. The van der Waals surface area contributed by atoms with Gasteiger partial charge in [-0.15, -0.1) is 0 Å². The first-order valence-corrected chi connectivity index (χ1v) is 12.2. The molecular weight excluding hydrogens is 486 g/mol. The van der Waals surface area contributed by atoms with Crippen molar-refractivity contribution >= 4 is 38.3 Å². The van der Waals surface area contributed by atoms with E-state index >= 15 is 0 Å². The Morgan fingerprint density at radius 2 is 1.65 bits per heavy atom. The molecule has 1 heterocycles. The molecule has 1 atom stereocenters. The summed E-state index contributed by atoms with van der Waals surface area (Å²) in [6, 6.07) is 33.0. The minimum atomic E-state index is -0.101. The van der Waals surface area contributed by atoms with E-state index in [0.717, 1.165) is 21.3 Å². The highest BCUT2D eigenvalue weighted by Gasteiger charge is 2.33. The molecule has 0 aliphatic carbocycles. The van der Waals surface area contributed by atoms with Crippen molar-refractivity contribution in [2.24, 2.45) is 5.10 Å². The van der Waals surface area contributed by atoms with Crippen LogP contribution < -0.4 is 0 Å². The van der Waals surface area contributed by atoms with Crippen LogP contribution in [-0.2, 0) is 11.3 Å². The molecule has 4 nitrogen and oxygen atoms in total. The summed E-state index contributed by atoms with van der Waals surface area (Å²) in [4.78, 5) is 15.5. The van der Waals surface area contributed by atoms with E-state index in [4.69, 9.17) is 5.10 Å². The van der Waals surface area contributed by atoms with Crippen LogP contribution in [0.5, 0.6) is 0 Å². The van der Waals surface area contributed by atoms with Crippen LogP contribution in [0.15, 0.2) is 107 Å². The molecule has 0 radical (unpaired) electrons. The fourth-order valence-corrected chi connectivity index (χ4v) is 4.74. The van der Waals surface area contributed by atoms with E-state index in [0.29, 0.717) is 19.5 Å². The Balaban J connectivity index is 1.39. The van der Waals surface area contributed by atoms with Gasteiger partial charge in [-0.2, -0.15) is 5.10 Å². The summed E-state index contributed by atoms with van der Waals surface area (Å²) >= 11 is 3.47. The maximum absolute atomic E-state index is 13.4. The zero-order valence-corrected chi connectivity index (χ0v) is 20.7. The van der Waals surface area contributed by atoms with E-state index in [9.17, 15) is 4.79 Å². The second-order valence-corrected chi connectivity index (χ2v) is 9.69. The van der Waals surface area contributed by atoms with Crippen LogP contribution in [0.3, 0.4) is 0 Å². The Hall–Kier alpha value is -3.28. The number of nitrogens with zero attached hydrogens (tertiary/aromatic N) is 3. The number of rotatable bonds is 6. The van der Waals surface area contributed by atoms with Gasteiger partial charge in [0.1, 0.15) is 0 Å². The molecule has 0 bridgehead atoms. The first-order valence-electron chi connectivity index (χ1n) is 11.4. The minimum Gasteiger partial charge on any atom is -0.293 e. The van der Waals surface area contributed by atoms with Crippen molar-refractivity contribution in [2.45, 2.75) is 19.0 Å². The summed E-state index contributed by atoms with van der Waals surface area (Å²) in [6.07, 6.45) is 0.699. The lowest BCUT2D eigenvalue weighted by Gasteiger charge is -2.25. The normalized spacial score (nSPS) is 15.7. The monoisotopic (exact) mass is 511 g/mol. The van der Waals surface area contributed by atoms with E-state index in [1.807, 2.05) is 54.4 Å². The molecule has 0 fully saturated rings. The fourth-order valence-electron chi connectivity index (χ4n) is 4.48. The third kappa shape index (κ3) is 4.96. The van der Waals surface area contributed by atoms with Gasteiger partial charge in [0.2, 0.25) is 0 Å². The third-order valence-corrected chi connectivity index (χ3v) is 6.73. The number of carbonyl (C=O) groups is 1. The molecule has 1 amide bonds. The Morgan fingerprint density at radius 1 is 0.941 bits per heavy atom. The highest BCUT2D eigenvalue weighted by molar-refractivity contribution is 9.10. The Morgan fingerprint density at radius 3 is 2.41 bits per heavy atom. The molecule has 4 aromatic carbocycles. The zero-order chi connectivity index (χ0) is 23.5. The molecule has 4 aromatic rings. The third-order valence-electron chi connectivity index (χ3n) is 6.20. The largest absolute Gasteiger partial charge is 0.293 e.